The van der Waals surface area contributed by atoms with E-state index in [1.165, 1.54) is 128 Å². The third kappa shape index (κ3) is 16.6. The molecule has 0 spiro atoms. The fraction of sp³-hybridized carbons (Fsp3) is 0.867. The Morgan fingerprint density at radius 2 is 0.865 bits per heavy atom. The predicted octanol–water partition coefficient (Wildman–Crippen LogP) is 7.74. The van der Waals surface area contributed by atoms with Gasteiger partial charge in [-0.3, -0.25) is 9.36 Å². The summed E-state index contributed by atoms with van der Waals surface area (Å²) in [5.41, 5.74) is 0. The third-order valence-corrected chi connectivity index (χ3v) is 7.54. The van der Waals surface area contributed by atoms with Gasteiger partial charge in [-0.05, 0) is 12.8 Å². The van der Waals surface area contributed by atoms with Crippen molar-refractivity contribution >= 4 is 0 Å². The van der Waals surface area contributed by atoms with Crippen molar-refractivity contribution in [2.75, 3.05) is 0 Å². The Morgan fingerprint density at radius 3 is 1.19 bits per heavy atom. The molecule has 7 heteroatoms. The van der Waals surface area contributed by atoms with Crippen LogP contribution in [0.4, 0.5) is 0 Å². The molecular weight excluding hydrogens is 458 g/mol. The number of hydrogen-bond donors (Lipinski definition) is 1. The Hall–Kier alpha value is -1.76. The minimum absolute atomic E-state index is 0.401. The number of unbranched alkanes of at least 4 members (excludes halogenated alkanes) is 16. The number of hydrogen-bond acceptors (Lipinski definition) is 5. The van der Waals surface area contributed by atoms with Gasteiger partial charge < -0.3 is 5.32 Å². The molecule has 2 heterocycles. The first-order chi connectivity index (χ1) is 18.3. The van der Waals surface area contributed by atoms with Gasteiger partial charge in [-0.15, -0.1) is 10.2 Å². The molecular formula is C30H57N7. The SMILES string of the molecule is CCCCCCCCCCCC(Cn1ccnn1)NC(CCCCCCCCCCC)Cn1ccnn1. The van der Waals surface area contributed by atoms with Crippen LogP contribution in [-0.2, 0) is 13.1 Å². The van der Waals surface area contributed by atoms with Gasteiger partial charge in [-0.25, -0.2) is 0 Å². The van der Waals surface area contributed by atoms with Crippen LogP contribution in [0.5, 0.6) is 0 Å². The largest absolute Gasteiger partial charge is 0.308 e. The van der Waals surface area contributed by atoms with Crippen LogP contribution in [0.15, 0.2) is 24.8 Å². The van der Waals surface area contributed by atoms with Gasteiger partial charge in [0.1, 0.15) is 0 Å². The molecule has 212 valence electrons. The summed E-state index contributed by atoms with van der Waals surface area (Å²) < 4.78 is 3.97. The van der Waals surface area contributed by atoms with Crippen molar-refractivity contribution in [2.45, 2.75) is 167 Å². The minimum atomic E-state index is 0.401. The average molecular weight is 516 g/mol. The lowest BCUT2D eigenvalue weighted by molar-refractivity contribution is 0.303. The highest BCUT2D eigenvalue weighted by Crippen LogP contribution is 2.15. The molecule has 0 saturated carbocycles. The van der Waals surface area contributed by atoms with Gasteiger partial charge in [0.05, 0.1) is 25.5 Å². The summed E-state index contributed by atoms with van der Waals surface area (Å²) in [5, 5.41) is 20.6. The van der Waals surface area contributed by atoms with Crippen molar-refractivity contribution in [2.24, 2.45) is 0 Å². The second-order valence-electron chi connectivity index (χ2n) is 11.0. The van der Waals surface area contributed by atoms with E-state index >= 15 is 0 Å². The van der Waals surface area contributed by atoms with E-state index in [0.29, 0.717) is 12.1 Å². The molecule has 2 unspecified atom stereocenters. The van der Waals surface area contributed by atoms with Crippen LogP contribution in [0.25, 0.3) is 0 Å². The monoisotopic (exact) mass is 515 g/mol. The zero-order valence-corrected chi connectivity index (χ0v) is 24.2. The van der Waals surface area contributed by atoms with Crippen molar-refractivity contribution in [1.82, 2.24) is 35.3 Å². The summed E-state index contributed by atoms with van der Waals surface area (Å²) in [7, 11) is 0. The van der Waals surface area contributed by atoms with Crippen molar-refractivity contribution in [1.29, 1.82) is 0 Å². The maximum Gasteiger partial charge on any atom is 0.0692 e. The van der Waals surface area contributed by atoms with Gasteiger partial charge >= 0.3 is 0 Å². The Balaban J connectivity index is 1.75. The zero-order valence-electron chi connectivity index (χ0n) is 24.2. The molecule has 7 nitrogen and oxygen atoms in total. The maximum atomic E-state index is 4.25. The first-order valence-electron chi connectivity index (χ1n) is 15.8. The summed E-state index contributed by atoms with van der Waals surface area (Å²) in [5.74, 6) is 0. The Kier molecular flexibility index (Phi) is 18.9. The van der Waals surface area contributed by atoms with Crippen LogP contribution in [0.3, 0.4) is 0 Å². The van der Waals surface area contributed by atoms with Crippen molar-refractivity contribution in [3.63, 3.8) is 0 Å². The van der Waals surface area contributed by atoms with Gasteiger partial charge in [0, 0.05) is 24.5 Å². The Morgan fingerprint density at radius 1 is 0.514 bits per heavy atom. The molecule has 0 aliphatic rings. The Labute approximate surface area is 227 Å². The standard InChI is InChI=1S/C30H57N7/c1-3-5-7-9-11-13-15-17-19-21-29(27-36-25-23-31-34-36)33-30(28-37-26-24-32-35-37)22-20-18-16-14-12-10-8-6-4-2/h23-26,29-30,33H,3-22,27-28H2,1-2H3. The lowest BCUT2D eigenvalue weighted by atomic mass is 10.0. The number of rotatable bonds is 26. The van der Waals surface area contributed by atoms with Gasteiger partial charge in [-0.2, -0.15) is 0 Å². The smallest absolute Gasteiger partial charge is 0.0692 e. The van der Waals surface area contributed by atoms with Crippen LogP contribution in [0, 0.1) is 0 Å². The molecule has 1 N–H and O–H groups in total. The summed E-state index contributed by atoms with van der Waals surface area (Å²) in [6.07, 6.45) is 34.5. The quantitative estimate of drug-likeness (QED) is 0.130. The molecule has 0 amide bonds. The lowest BCUT2D eigenvalue weighted by Crippen LogP contribution is -2.43. The normalized spacial score (nSPS) is 13.2. The highest BCUT2D eigenvalue weighted by atomic mass is 15.4. The molecule has 2 rings (SSSR count). The second-order valence-corrected chi connectivity index (χ2v) is 11.0. The first-order valence-corrected chi connectivity index (χ1v) is 15.8. The summed E-state index contributed by atoms with van der Waals surface area (Å²) >= 11 is 0. The zero-order chi connectivity index (χ0) is 26.2. The van der Waals surface area contributed by atoms with E-state index in [0.717, 1.165) is 13.1 Å². The Bertz CT molecular complexity index is 641. The van der Waals surface area contributed by atoms with Gasteiger partial charge in [0.2, 0.25) is 0 Å². The van der Waals surface area contributed by atoms with E-state index in [4.69, 9.17) is 0 Å². The lowest BCUT2D eigenvalue weighted by Gasteiger charge is -2.26. The molecule has 0 radical (unpaired) electrons. The summed E-state index contributed by atoms with van der Waals surface area (Å²) in [6.45, 7) is 6.33. The van der Waals surface area contributed by atoms with E-state index in [-0.39, 0.29) is 0 Å². The summed E-state index contributed by atoms with van der Waals surface area (Å²) in [4.78, 5) is 0. The van der Waals surface area contributed by atoms with Crippen molar-refractivity contribution < 1.29 is 0 Å². The van der Waals surface area contributed by atoms with Gasteiger partial charge in [-0.1, -0.05) is 140 Å². The van der Waals surface area contributed by atoms with Gasteiger partial charge in [0.15, 0.2) is 0 Å². The van der Waals surface area contributed by atoms with Crippen LogP contribution >= 0.6 is 0 Å². The molecule has 0 aromatic carbocycles. The maximum absolute atomic E-state index is 4.25. The fourth-order valence-corrected chi connectivity index (χ4v) is 5.30. The first kappa shape index (κ1) is 31.5. The van der Waals surface area contributed by atoms with Crippen molar-refractivity contribution in [3.05, 3.63) is 24.8 Å². The molecule has 2 atom stereocenters. The van der Waals surface area contributed by atoms with E-state index < -0.39 is 0 Å². The molecule has 0 aliphatic heterocycles. The molecule has 37 heavy (non-hydrogen) atoms. The highest BCUT2D eigenvalue weighted by molar-refractivity contribution is 4.78. The van der Waals surface area contributed by atoms with Crippen LogP contribution < -0.4 is 5.32 Å². The minimum Gasteiger partial charge on any atom is -0.308 e. The van der Waals surface area contributed by atoms with Gasteiger partial charge in [0.25, 0.3) is 0 Å². The number of aromatic nitrogens is 6. The van der Waals surface area contributed by atoms with Crippen LogP contribution in [0.2, 0.25) is 0 Å². The van der Waals surface area contributed by atoms with E-state index in [1.54, 1.807) is 12.4 Å². The highest BCUT2D eigenvalue weighted by Gasteiger charge is 2.17. The van der Waals surface area contributed by atoms with E-state index in [1.807, 2.05) is 21.8 Å². The molecule has 2 aromatic rings. The topological polar surface area (TPSA) is 73.5 Å². The number of nitrogens with one attached hydrogen (secondary N) is 1. The summed E-state index contributed by atoms with van der Waals surface area (Å²) in [6, 6.07) is 0.802. The molecule has 2 aromatic heterocycles. The third-order valence-electron chi connectivity index (χ3n) is 7.54. The molecule has 0 aliphatic carbocycles. The van der Waals surface area contributed by atoms with Crippen molar-refractivity contribution in [3.8, 4) is 0 Å². The predicted molar refractivity (Wildman–Crippen MR) is 154 cm³/mol. The molecule has 0 fully saturated rings. The molecule has 0 bridgehead atoms. The number of nitrogens with zero attached hydrogens (tertiary/aromatic N) is 6. The van der Waals surface area contributed by atoms with E-state index in [2.05, 4.69) is 39.8 Å². The average Bonchev–Trinajstić information content (AvgIpc) is 3.61. The molecule has 0 saturated heterocycles. The van der Waals surface area contributed by atoms with Crippen LogP contribution in [-0.4, -0.2) is 42.1 Å². The fourth-order valence-electron chi connectivity index (χ4n) is 5.30. The van der Waals surface area contributed by atoms with E-state index in [9.17, 15) is 0 Å². The van der Waals surface area contributed by atoms with Crippen LogP contribution in [0.1, 0.15) is 142 Å². The second kappa shape index (κ2) is 22.2.